The number of aromatic nitrogens is 1. The minimum atomic E-state index is -0.508. The molecule has 36 heavy (non-hydrogen) atoms. The average molecular weight is 485 g/mol. The zero-order chi connectivity index (χ0) is 25.4. The molecule has 0 amide bonds. The number of allylic oxidation sites excluding steroid dienone is 4. The third-order valence-corrected chi connectivity index (χ3v) is 6.97. The van der Waals surface area contributed by atoms with Gasteiger partial charge in [-0.1, -0.05) is 18.2 Å². The maximum absolute atomic E-state index is 14.0. The van der Waals surface area contributed by atoms with E-state index in [1.165, 1.54) is 19.3 Å². The number of fused-ring (bicyclic) bond motifs is 1. The molecule has 1 aliphatic carbocycles. The molecule has 1 aromatic heterocycles. The number of nitrogens with two attached hydrogens (primary N) is 1. The summed E-state index contributed by atoms with van der Waals surface area (Å²) in [5, 5.41) is 20.8. The van der Waals surface area contributed by atoms with Gasteiger partial charge in [0, 0.05) is 41.8 Å². The first kappa shape index (κ1) is 23.5. The van der Waals surface area contributed by atoms with Crippen LogP contribution in [0.15, 0.2) is 60.6 Å². The smallest absolute Gasteiger partial charge is 0.312 e. The van der Waals surface area contributed by atoms with Crippen molar-refractivity contribution < 1.29 is 19.0 Å². The second-order valence-electron chi connectivity index (χ2n) is 9.06. The van der Waals surface area contributed by atoms with E-state index in [9.17, 15) is 19.6 Å². The molecule has 2 aliphatic rings. The number of carbonyl (C=O) groups is 1. The number of rotatable bonds is 4. The Labute approximate surface area is 207 Å². The van der Waals surface area contributed by atoms with Gasteiger partial charge in [-0.25, -0.2) is 4.39 Å². The summed E-state index contributed by atoms with van der Waals surface area (Å²) < 4.78 is 19.0. The van der Waals surface area contributed by atoms with Crippen LogP contribution in [0.4, 0.5) is 10.1 Å². The molecule has 3 aromatic rings. The number of carbonyl (C=O) groups excluding carboxylic acids is 1. The van der Waals surface area contributed by atoms with Crippen molar-refractivity contribution in [1.29, 1.82) is 5.26 Å². The van der Waals surface area contributed by atoms with Crippen LogP contribution in [0.2, 0.25) is 0 Å². The number of hydrogen-bond acceptors (Lipinski definition) is 7. The number of nitriles is 1. The maximum Gasteiger partial charge on any atom is 0.312 e. The third-order valence-electron chi connectivity index (χ3n) is 6.97. The minimum Gasteiger partial charge on any atom is -0.506 e. The molecule has 1 aliphatic heterocycles. The van der Waals surface area contributed by atoms with Gasteiger partial charge in [-0.15, -0.1) is 0 Å². The van der Waals surface area contributed by atoms with Gasteiger partial charge in [0.05, 0.1) is 29.8 Å². The fraction of sp³-hybridized carbons (Fsp3) is 0.250. The van der Waals surface area contributed by atoms with E-state index in [2.05, 4.69) is 9.88 Å². The van der Waals surface area contributed by atoms with Crippen LogP contribution in [0.25, 0.3) is 27.6 Å². The molecular formula is C28H25FN4O3. The van der Waals surface area contributed by atoms with E-state index in [4.69, 9.17) is 10.5 Å². The molecule has 2 heterocycles. The summed E-state index contributed by atoms with van der Waals surface area (Å²) in [6.07, 6.45) is 5.79. The van der Waals surface area contributed by atoms with Gasteiger partial charge in [0.15, 0.2) is 0 Å². The number of ether oxygens (including phenoxy) is 1. The summed E-state index contributed by atoms with van der Waals surface area (Å²) >= 11 is 0. The van der Waals surface area contributed by atoms with Crippen molar-refractivity contribution in [2.75, 3.05) is 25.1 Å². The Morgan fingerprint density at radius 1 is 1.31 bits per heavy atom. The predicted octanol–water partition coefficient (Wildman–Crippen LogP) is 4.45. The van der Waals surface area contributed by atoms with Crippen molar-refractivity contribution >= 4 is 28.1 Å². The van der Waals surface area contributed by atoms with Gasteiger partial charge in [-0.3, -0.25) is 9.78 Å². The van der Waals surface area contributed by atoms with Crippen LogP contribution in [-0.2, 0) is 9.53 Å². The number of piperidine rings is 1. The first-order chi connectivity index (χ1) is 17.4. The Hall–Kier alpha value is -4.22. The van der Waals surface area contributed by atoms with Crippen molar-refractivity contribution in [2.45, 2.75) is 18.9 Å². The number of halogens is 1. The monoisotopic (exact) mass is 484 g/mol. The molecule has 1 fully saturated rings. The minimum absolute atomic E-state index is 0.0931. The fourth-order valence-electron chi connectivity index (χ4n) is 5.04. The lowest BCUT2D eigenvalue weighted by molar-refractivity contribution is -0.146. The number of esters is 1. The molecule has 2 atom stereocenters. The molecule has 7 nitrogen and oxygen atoms in total. The number of para-hydroxylation sites is 1. The average Bonchev–Trinajstić information content (AvgIpc) is 3.33. The number of aromatic hydroxyl groups is 1. The standard InChI is InChI=1S/C28H25FN4O3/c1-36-28(35)23-15-33(10-9-24(23)31)26-21-12-17(20-4-2-3-18(13-30)27(20)34)6-8-25(21)32-14-22(26)16-5-7-19(29)11-16/h2-4,6-8,11-12,14,23-24,34H,5,9-10,15,31H2,1H3/t23-,24-/m1/s1. The first-order valence-electron chi connectivity index (χ1n) is 11.7. The van der Waals surface area contributed by atoms with Gasteiger partial charge < -0.3 is 20.5 Å². The van der Waals surface area contributed by atoms with Crippen LogP contribution in [-0.4, -0.2) is 42.3 Å². The maximum atomic E-state index is 14.0. The lowest BCUT2D eigenvalue weighted by atomic mass is 9.90. The molecule has 0 unspecified atom stereocenters. The number of benzene rings is 2. The van der Waals surface area contributed by atoms with Crippen LogP contribution in [0, 0.1) is 17.2 Å². The van der Waals surface area contributed by atoms with E-state index in [0.717, 1.165) is 22.2 Å². The fourth-order valence-corrected chi connectivity index (χ4v) is 5.04. The molecule has 0 saturated carbocycles. The highest BCUT2D eigenvalue weighted by Gasteiger charge is 2.35. The Morgan fingerprint density at radius 3 is 2.86 bits per heavy atom. The summed E-state index contributed by atoms with van der Waals surface area (Å²) in [6, 6.07) is 12.3. The Kier molecular flexibility index (Phi) is 6.17. The Bertz CT molecular complexity index is 1470. The van der Waals surface area contributed by atoms with Crippen molar-refractivity contribution in [1.82, 2.24) is 4.98 Å². The molecule has 182 valence electrons. The van der Waals surface area contributed by atoms with E-state index in [1.807, 2.05) is 24.3 Å². The first-order valence-corrected chi connectivity index (χ1v) is 11.7. The molecule has 5 rings (SSSR count). The van der Waals surface area contributed by atoms with Gasteiger partial charge in [-0.2, -0.15) is 5.26 Å². The second kappa shape index (κ2) is 9.44. The lowest BCUT2D eigenvalue weighted by Gasteiger charge is -2.38. The van der Waals surface area contributed by atoms with Crippen molar-refractivity contribution in [3.05, 3.63) is 71.7 Å². The van der Waals surface area contributed by atoms with Gasteiger partial charge in [-0.05, 0) is 54.3 Å². The number of hydrogen-bond donors (Lipinski definition) is 2. The Morgan fingerprint density at radius 2 is 2.14 bits per heavy atom. The van der Waals surface area contributed by atoms with Crippen LogP contribution < -0.4 is 10.6 Å². The predicted molar refractivity (Wildman–Crippen MR) is 136 cm³/mol. The number of anilines is 1. The van der Waals surface area contributed by atoms with Crippen LogP contribution in [0.3, 0.4) is 0 Å². The zero-order valence-corrected chi connectivity index (χ0v) is 19.7. The van der Waals surface area contributed by atoms with Crippen LogP contribution in [0.1, 0.15) is 24.0 Å². The third kappa shape index (κ3) is 4.08. The second-order valence-corrected chi connectivity index (χ2v) is 9.06. The van der Waals surface area contributed by atoms with E-state index < -0.39 is 5.92 Å². The van der Waals surface area contributed by atoms with Crippen molar-refractivity contribution in [3.63, 3.8) is 0 Å². The quantitative estimate of drug-likeness (QED) is 0.526. The molecule has 0 bridgehead atoms. The zero-order valence-electron chi connectivity index (χ0n) is 19.7. The number of pyridine rings is 1. The SMILES string of the molecule is COC(=O)[C@@H]1CN(c2c(C3=CC(F)=CC3)cnc3ccc(-c4cccc(C#N)c4O)cc23)CC[C@H]1N. The van der Waals surface area contributed by atoms with E-state index in [0.29, 0.717) is 42.6 Å². The summed E-state index contributed by atoms with van der Waals surface area (Å²) in [4.78, 5) is 19.2. The van der Waals surface area contributed by atoms with Crippen LogP contribution >= 0.6 is 0 Å². The molecule has 8 heteroatoms. The largest absolute Gasteiger partial charge is 0.506 e. The molecule has 3 N–H and O–H groups in total. The highest BCUT2D eigenvalue weighted by atomic mass is 19.1. The van der Waals surface area contributed by atoms with Crippen LogP contribution in [0.5, 0.6) is 5.75 Å². The number of phenols is 1. The summed E-state index contributed by atoms with van der Waals surface area (Å²) in [5.41, 5.74) is 10.8. The number of methoxy groups -OCH3 is 1. The molecule has 1 saturated heterocycles. The molecular weight excluding hydrogens is 459 g/mol. The lowest BCUT2D eigenvalue weighted by Crippen LogP contribution is -2.51. The number of nitrogens with zero attached hydrogens (tertiary/aromatic N) is 3. The molecule has 0 radical (unpaired) electrons. The molecule has 0 spiro atoms. The van der Waals surface area contributed by atoms with Gasteiger partial charge in [0.1, 0.15) is 17.6 Å². The summed E-state index contributed by atoms with van der Waals surface area (Å²) in [5.74, 6) is -1.26. The van der Waals surface area contributed by atoms with Crippen molar-refractivity contribution in [3.8, 4) is 22.9 Å². The Balaban J connectivity index is 1.70. The van der Waals surface area contributed by atoms with Gasteiger partial charge >= 0.3 is 5.97 Å². The summed E-state index contributed by atoms with van der Waals surface area (Å²) in [6.45, 7) is 0.950. The molecule has 2 aromatic carbocycles. The number of phenolic OH excluding ortho intramolecular Hbond substituents is 1. The highest BCUT2D eigenvalue weighted by molar-refractivity contribution is 6.01. The van der Waals surface area contributed by atoms with E-state index in [1.54, 1.807) is 24.4 Å². The van der Waals surface area contributed by atoms with Gasteiger partial charge in [0.2, 0.25) is 0 Å². The van der Waals surface area contributed by atoms with Crippen molar-refractivity contribution in [2.24, 2.45) is 11.7 Å². The normalized spacial score (nSPS) is 19.6. The topological polar surface area (TPSA) is 112 Å². The van der Waals surface area contributed by atoms with E-state index in [-0.39, 0.29) is 29.2 Å². The summed E-state index contributed by atoms with van der Waals surface area (Å²) in [7, 11) is 1.35. The highest BCUT2D eigenvalue weighted by Crippen LogP contribution is 2.42. The van der Waals surface area contributed by atoms with E-state index >= 15 is 0 Å². The van der Waals surface area contributed by atoms with Gasteiger partial charge in [0.25, 0.3) is 0 Å².